The number of oxazole rings is 1. The van der Waals surface area contributed by atoms with Gasteiger partial charge in [-0.15, -0.1) is 0 Å². The fourth-order valence-corrected chi connectivity index (χ4v) is 4.11. The highest BCUT2D eigenvalue weighted by Gasteiger charge is 2.57. The zero-order valence-corrected chi connectivity index (χ0v) is 19.4. The number of carbonyl (C=O) groups is 1. The average Bonchev–Trinajstić information content (AvgIpc) is 3.11. The summed E-state index contributed by atoms with van der Waals surface area (Å²) >= 11 is 2.13. The molecule has 3 aliphatic carbocycles. The number of aromatic nitrogens is 1. The van der Waals surface area contributed by atoms with E-state index in [9.17, 15) is 13.6 Å². The third-order valence-electron chi connectivity index (χ3n) is 5.16. The van der Waals surface area contributed by atoms with E-state index in [1.807, 2.05) is 25.2 Å². The van der Waals surface area contributed by atoms with Crippen molar-refractivity contribution in [2.75, 3.05) is 13.2 Å². The summed E-state index contributed by atoms with van der Waals surface area (Å²) in [5.41, 5.74) is 2.91. The number of alkyl halides is 2. The SMILES string of the molecule is CC(=O)N[C@@H](C)COC1=CCc2nc(=C3C=C(I)C(OCC4CC4(F)F)=CC3)oc2=C1. The third-order valence-corrected chi connectivity index (χ3v) is 6.00. The van der Waals surface area contributed by atoms with Crippen LogP contribution in [-0.2, 0) is 20.7 Å². The molecule has 1 saturated carbocycles. The molecule has 2 atom stereocenters. The first-order valence-corrected chi connectivity index (χ1v) is 11.2. The Balaban J connectivity index is 1.42. The van der Waals surface area contributed by atoms with Gasteiger partial charge in [-0.05, 0) is 54.2 Å². The van der Waals surface area contributed by atoms with Crippen LogP contribution in [0.15, 0.2) is 37.7 Å². The molecule has 3 aliphatic rings. The Morgan fingerprint density at radius 3 is 2.81 bits per heavy atom. The van der Waals surface area contributed by atoms with Gasteiger partial charge in [-0.25, -0.2) is 13.8 Å². The Hall–Kier alpha value is -2.17. The standard InChI is InChI=1S/C22H23F2IN2O4/c1-12(26-13(2)28)10-29-16-4-5-18-20(8-16)31-21(27-18)14-3-6-19(17(25)7-14)30-11-15-9-22(15,23)24/h4,6-8,12,15H,3,5,9-11H2,1-2H3,(H,26,28)/t12-,15?/m0/s1. The quantitative estimate of drug-likeness (QED) is 0.535. The van der Waals surface area contributed by atoms with Crippen molar-refractivity contribution >= 4 is 40.1 Å². The normalized spacial score (nSPS) is 24.0. The summed E-state index contributed by atoms with van der Waals surface area (Å²) in [5, 5.41) is 2.77. The van der Waals surface area contributed by atoms with Crippen LogP contribution in [0.2, 0.25) is 0 Å². The van der Waals surface area contributed by atoms with Crippen LogP contribution in [0, 0.1) is 5.92 Å². The van der Waals surface area contributed by atoms with Crippen LogP contribution in [0.5, 0.6) is 0 Å². The van der Waals surface area contributed by atoms with Crippen LogP contribution in [0.3, 0.4) is 0 Å². The number of allylic oxidation sites excluding steroid dienone is 5. The Morgan fingerprint density at radius 1 is 1.35 bits per heavy atom. The van der Waals surface area contributed by atoms with E-state index in [0.717, 1.165) is 14.8 Å². The van der Waals surface area contributed by atoms with Gasteiger partial charge in [0.2, 0.25) is 11.5 Å². The summed E-state index contributed by atoms with van der Waals surface area (Å²) in [7, 11) is 0. The van der Waals surface area contributed by atoms with Crippen molar-refractivity contribution in [3.63, 3.8) is 0 Å². The Kier molecular flexibility index (Phi) is 6.23. The van der Waals surface area contributed by atoms with E-state index in [0.29, 0.717) is 41.9 Å². The molecule has 0 aromatic carbocycles. The highest BCUT2D eigenvalue weighted by molar-refractivity contribution is 14.1. The maximum Gasteiger partial charge on any atom is 0.255 e. The minimum atomic E-state index is -2.58. The molecular weight excluding hydrogens is 521 g/mol. The highest BCUT2D eigenvalue weighted by atomic mass is 127. The van der Waals surface area contributed by atoms with E-state index in [4.69, 9.17) is 13.9 Å². The van der Waals surface area contributed by atoms with Crippen LogP contribution < -0.4 is 16.3 Å². The monoisotopic (exact) mass is 544 g/mol. The molecule has 1 fully saturated rings. The number of ether oxygens (including phenoxy) is 2. The second-order valence-corrected chi connectivity index (χ2v) is 9.12. The van der Waals surface area contributed by atoms with Crippen LogP contribution in [-0.4, -0.2) is 36.1 Å². The van der Waals surface area contributed by atoms with Crippen molar-refractivity contribution in [1.29, 1.82) is 0 Å². The maximum atomic E-state index is 13.0. The van der Waals surface area contributed by atoms with Crippen LogP contribution in [0.1, 0.15) is 32.4 Å². The third kappa shape index (κ3) is 5.36. The topological polar surface area (TPSA) is 73.6 Å². The lowest BCUT2D eigenvalue weighted by molar-refractivity contribution is -0.119. The van der Waals surface area contributed by atoms with E-state index in [1.54, 1.807) is 6.08 Å². The molecule has 0 spiro atoms. The smallest absolute Gasteiger partial charge is 0.255 e. The number of halogens is 3. The summed E-state index contributed by atoms with van der Waals surface area (Å²) < 4.78 is 44.2. The largest absolute Gasteiger partial charge is 0.492 e. The molecule has 1 N–H and O–H groups in total. The minimum absolute atomic E-state index is 0.0335. The van der Waals surface area contributed by atoms with Gasteiger partial charge in [-0.1, -0.05) is 0 Å². The van der Waals surface area contributed by atoms with E-state index in [-0.39, 0.29) is 25.0 Å². The molecule has 0 saturated heterocycles. The predicted molar refractivity (Wildman–Crippen MR) is 118 cm³/mol. The zero-order valence-electron chi connectivity index (χ0n) is 17.2. The fraction of sp³-hybridized carbons (Fsp3) is 0.455. The minimum Gasteiger partial charge on any atom is -0.492 e. The van der Waals surface area contributed by atoms with Gasteiger partial charge >= 0.3 is 0 Å². The highest BCUT2D eigenvalue weighted by Crippen LogP contribution is 2.49. The van der Waals surface area contributed by atoms with E-state index in [1.165, 1.54) is 6.92 Å². The van der Waals surface area contributed by atoms with Crippen molar-refractivity contribution in [1.82, 2.24) is 10.3 Å². The summed E-state index contributed by atoms with van der Waals surface area (Å²) in [6, 6.07) is -0.0992. The first-order valence-electron chi connectivity index (χ1n) is 10.1. The number of nitrogens with one attached hydrogen (secondary N) is 1. The molecule has 4 rings (SSSR count). The van der Waals surface area contributed by atoms with Crippen molar-refractivity contribution < 1.29 is 27.5 Å². The summed E-state index contributed by atoms with van der Waals surface area (Å²) in [5.74, 6) is -2.05. The summed E-state index contributed by atoms with van der Waals surface area (Å²) in [4.78, 5) is 15.7. The first-order chi connectivity index (χ1) is 14.7. The molecule has 0 bridgehead atoms. The lowest BCUT2D eigenvalue weighted by atomic mass is 10.1. The Morgan fingerprint density at radius 2 is 2.13 bits per heavy atom. The van der Waals surface area contributed by atoms with Crippen LogP contribution in [0.4, 0.5) is 8.78 Å². The molecule has 166 valence electrons. The van der Waals surface area contributed by atoms with Gasteiger partial charge in [0.15, 0.2) is 5.42 Å². The second-order valence-electron chi connectivity index (χ2n) is 7.96. The number of hydrogen-bond acceptors (Lipinski definition) is 5. The molecule has 31 heavy (non-hydrogen) atoms. The van der Waals surface area contributed by atoms with Gasteiger partial charge < -0.3 is 19.2 Å². The number of amides is 1. The van der Waals surface area contributed by atoms with Gasteiger partial charge in [0, 0.05) is 31.4 Å². The molecule has 1 unspecified atom stereocenters. The molecule has 6 nitrogen and oxygen atoms in total. The van der Waals surface area contributed by atoms with E-state index in [2.05, 4.69) is 32.9 Å². The number of hydrogen-bond donors (Lipinski definition) is 1. The van der Waals surface area contributed by atoms with Crippen molar-refractivity contribution in [2.24, 2.45) is 5.92 Å². The van der Waals surface area contributed by atoms with E-state index >= 15 is 0 Å². The molecule has 0 aliphatic heterocycles. The summed E-state index contributed by atoms with van der Waals surface area (Å²) in [6.07, 6.45) is 8.56. The molecule has 1 aromatic heterocycles. The molecule has 1 amide bonds. The van der Waals surface area contributed by atoms with Crippen molar-refractivity contribution in [3.05, 3.63) is 50.0 Å². The molecular formula is C22H23F2IN2O4. The van der Waals surface area contributed by atoms with Gasteiger partial charge in [0.1, 0.15) is 18.1 Å². The average molecular weight is 544 g/mol. The fourth-order valence-electron chi connectivity index (χ4n) is 3.36. The predicted octanol–water partition coefficient (Wildman–Crippen LogP) is 2.87. The zero-order chi connectivity index (χ0) is 22.2. The van der Waals surface area contributed by atoms with Gasteiger partial charge in [-0.2, -0.15) is 0 Å². The lowest BCUT2D eigenvalue weighted by Gasteiger charge is -2.15. The molecule has 1 heterocycles. The Labute approximate surface area is 191 Å². The van der Waals surface area contributed by atoms with Crippen LogP contribution >= 0.6 is 22.6 Å². The van der Waals surface area contributed by atoms with Gasteiger partial charge in [0.05, 0.1) is 27.8 Å². The first kappa shape index (κ1) is 22.0. The maximum absolute atomic E-state index is 13.0. The Bertz CT molecular complexity index is 1100. The molecule has 9 heteroatoms. The van der Waals surface area contributed by atoms with Crippen molar-refractivity contribution in [2.45, 2.75) is 45.1 Å². The van der Waals surface area contributed by atoms with Gasteiger partial charge in [-0.3, -0.25) is 4.79 Å². The number of nitrogens with zero attached hydrogens (tertiary/aromatic N) is 1. The molecule has 0 radical (unpaired) electrons. The van der Waals surface area contributed by atoms with Crippen molar-refractivity contribution in [3.8, 4) is 0 Å². The number of fused-ring (bicyclic) bond motifs is 1. The number of carbonyl (C=O) groups excluding carboxylic acids is 1. The summed E-state index contributed by atoms with van der Waals surface area (Å²) in [6.45, 7) is 3.74. The van der Waals surface area contributed by atoms with E-state index < -0.39 is 11.8 Å². The molecule has 1 aromatic rings. The van der Waals surface area contributed by atoms with Gasteiger partial charge in [0.25, 0.3) is 5.92 Å². The second kappa shape index (κ2) is 8.76. The number of rotatable bonds is 7. The lowest BCUT2D eigenvalue weighted by Crippen LogP contribution is -2.34. The van der Waals surface area contributed by atoms with Crippen LogP contribution in [0.25, 0.3) is 11.6 Å².